The molecule has 3 rings (SSSR count). The van der Waals surface area contributed by atoms with E-state index < -0.39 is 14.9 Å². The highest BCUT2D eigenvalue weighted by Gasteiger charge is 2.36. The molecule has 2 aromatic rings. The summed E-state index contributed by atoms with van der Waals surface area (Å²) in [5.41, 5.74) is 1.82. The van der Waals surface area contributed by atoms with Crippen LogP contribution >= 0.6 is 0 Å². The summed E-state index contributed by atoms with van der Waals surface area (Å²) in [6, 6.07) is 12.8. The van der Waals surface area contributed by atoms with Crippen molar-refractivity contribution in [3.8, 4) is 0 Å². The zero-order valence-corrected chi connectivity index (χ0v) is 14.1. The number of aryl methyl sites for hydroxylation is 1. The number of nitrogens with zero attached hydrogens (tertiary/aromatic N) is 2. The second-order valence-corrected chi connectivity index (χ2v) is 7.83. The Labute approximate surface area is 140 Å². The van der Waals surface area contributed by atoms with Crippen molar-refractivity contribution < 1.29 is 13.3 Å². The molecule has 6 nitrogen and oxygen atoms in total. The van der Waals surface area contributed by atoms with Crippen molar-refractivity contribution in [2.24, 2.45) is 0 Å². The van der Waals surface area contributed by atoms with E-state index in [0.717, 1.165) is 30.0 Å². The largest absolute Gasteiger partial charge is 0.270 e. The van der Waals surface area contributed by atoms with Crippen molar-refractivity contribution >= 4 is 15.7 Å². The molecule has 1 fully saturated rings. The van der Waals surface area contributed by atoms with Crippen molar-refractivity contribution in [1.29, 1.82) is 0 Å². The van der Waals surface area contributed by atoms with Gasteiger partial charge in [0.1, 0.15) is 0 Å². The third kappa shape index (κ3) is 3.05. The minimum atomic E-state index is -3.78. The highest BCUT2D eigenvalue weighted by Crippen LogP contribution is 2.37. The van der Waals surface area contributed by atoms with Gasteiger partial charge in [0.2, 0.25) is 10.0 Å². The third-order valence-electron chi connectivity index (χ3n) is 4.27. The molecule has 24 heavy (non-hydrogen) atoms. The number of benzene rings is 2. The van der Waals surface area contributed by atoms with Crippen LogP contribution in [-0.2, 0) is 10.0 Å². The van der Waals surface area contributed by atoms with E-state index in [4.69, 9.17) is 0 Å². The summed E-state index contributed by atoms with van der Waals surface area (Å²) >= 11 is 0. The molecule has 0 bridgehead atoms. The molecule has 0 amide bonds. The van der Waals surface area contributed by atoms with E-state index >= 15 is 0 Å². The minimum absolute atomic E-state index is 0.0312. The third-order valence-corrected chi connectivity index (χ3v) is 6.17. The number of sulfonamides is 1. The molecule has 0 spiro atoms. The Bertz CT molecular complexity index is 880. The van der Waals surface area contributed by atoms with Crippen LogP contribution in [-0.4, -0.2) is 24.2 Å². The van der Waals surface area contributed by atoms with Crippen LogP contribution in [0.3, 0.4) is 0 Å². The second kappa shape index (κ2) is 6.33. The minimum Gasteiger partial charge on any atom is -0.258 e. The number of nitro groups is 1. The molecule has 0 aliphatic carbocycles. The Morgan fingerprint density at radius 1 is 1.17 bits per heavy atom. The molecule has 2 aromatic carbocycles. The van der Waals surface area contributed by atoms with Gasteiger partial charge in [0, 0.05) is 18.7 Å². The average Bonchev–Trinajstić information content (AvgIpc) is 3.05. The van der Waals surface area contributed by atoms with E-state index in [1.165, 1.54) is 22.5 Å². The van der Waals surface area contributed by atoms with E-state index in [9.17, 15) is 18.5 Å². The van der Waals surface area contributed by atoms with Gasteiger partial charge in [-0.3, -0.25) is 10.1 Å². The van der Waals surface area contributed by atoms with Crippen molar-refractivity contribution in [3.63, 3.8) is 0 Å². The van der Waals surface area contributed by atoms with Crippen LogP contribution in [0.2, 0.25) is 0 Å². The molecule has 126 valence electrons. The topological polar surface area (TPSA) is 80.5 Å². The predicted molar refractivity (Wildman–Crippen MR) is 90.1 cm³/mol. The summed E-state index contributed by atoms with van der Waals surface area (Å²) in [5.74, 6) is 0. The van der Waals surface area contributed by atoms with Gasteiger partial charge in [-0.05, 0) is 31.4 Å². The zero-order chi connectivity index (χ0) is 17.3. The fraction of sp³-hybridized carbons (Fsp3) is 0.294. The maximum absolute atomic E-state index is 13.0. The Hall–Kier alpha value is -2.25. The molecule has 0 radical (unpaired) electrons. The Balaban J connectivity index is 1.99. The first-order valence-corrected chi connectivity index (χ1v) is 9.16. The number of rotatable bonds is 4. The number of hydrogen-bond acceptors (Lipinski definition) is 4. The Morgan fingerprint density at radius 2 is 1.92 bits per heavy atom. The summed E-state index contributed by atoms with van der Waals surface area (Å²) < 4.78 is 27.4. The van der Waals surface area contributed by atoms with Gasteiger partial charge in [-0.2, -0.15) is 4.31 Å². The lowest BCUT2D eigenvalue weighted by Gasteiger charge is -2.24. The smallest absolute Gasteiger partial charge is 0.258 e. The molecule has 1 heterocycles. The fourth-order valence-electron chi connectivity index (χ4n) is 3.13. The van der Waals surface area contributed by atoms with Crippen molar-refractivity contribution in [2.45, 2.75) is 30.7 Å². The first kappa shape index (κ1) is 16.6. The van der Waals surface area contributed by atoms with Gasteiger partial charge in [0.25, 0.3) is 5.69 Å². The summed E-state index contributed by atoms with van der Waals surface area (Å²) in [4.78, 5) is 10.3. The summed E-state index contributed by atoms with van der Waals surface area (Å²) in [6.45, 7) is 2.39. The molecule has 1 saturated heterocycles. The monoisotopic (exact) mass is 346 g/mol. The van der Waals surface area contributed by atoms with Gasteiger partial charge in [0.15, 0.2) is 0 Å². The van der Waals surface area contributed by atoms with Gasteiger partial charge in [-0.25, -0.2) is 8.42 Å². The van der Waals surface area contributed by atoms with Gasteiger partial charge in [-0.1, -0.05) is 35.9 Å². The molecule has 0 N–H and O–H groups in total. The van der Waals surface area contributed by atoms with E-state index in [1.54, 1.807) is 0 Å². The van der Waals surface area contributed by atoms with Crippen molar-refractivity contribution in [2.75, 3.05) is 6.54 Å². The SMILES string of the molecule is Cc1cccc([C@@H]2CCCN2S(=O)(=O)c2cccc([N+](=O)[O-])c2)c1. The molecule has 1 aliphatic heterocycles. The highest BCUT2D eigenvalue weighted by molar-refractivity contribution is 7.89. The molecular weight excluding hydrogens is 328 g/mol. The number of hydrogen-bond donors (Lipinski definition) is 0. The first-order chi connectivity index (χ1) is 11.4. The lowest BCUT2D eigenvalue weighted by Crippen LogP contribution is -2.30. The van der Waals surface area contributed by atoms with Crippen LogP contribution in [0.25, 0.3) is 0 Å². The normalized spacial score (nSPS) is 18.6. The van der Waals surface area contributed by atoms with Crippen molar-refractivity contribution in [3.05, 3.63) is 69.8 Å². The summed E-state index contributed by atoms with van der Waals surface area (Å²) in [5, 5.41) is 10.9. The molecule has 1 atom stereocenters. The van der Waals surface area contributed by atoms with Crippen LogP contribution in [0.5, 0.6) is 0 Å². The summed E-state index contributed by atoms with van der Waals surface area (Å²) in [6.07, 6.45) is 1.52. The van der Waals surface area contributed by atoms with Gasteiger partial charge >= 0.3 is 0 Å². The van der Waals surface area contributed by atoms with Crippen LogP contribution in [0.15, 0.2) is 53.4 Å². The van der Waals surface area contributed by atoms with E-state index in [2.05, 4.69) is 0 Å². The number of non-ortho nitro benzene ring substituents is 1. The first-order valence-electron chi connectivity index (χ1n) is 7.72. The van der Waals surface area contributed by atoms with Crippen LogP contribution in [0.4, 0.5) is 5.69 Å². The van der Waals surface area contributed by atoms with Gasteiger partial charge in [-0.15, -0.1) is 0 Å². The van der Waals surface area contributed by atoms with Crippen LogP contribution in [0, 0.1) is 17.0 Å². The molecule has 1 aliphatic rings. The second-order valence-electron chi connectivity index (χ2n) is 5.94. The van der Waals surface area contributed by atoms with Gasteiger partial charge < -0.3 is 0 Å². The molecule has 0 aromatic heterocycles. The molecule has 0 saturated carbocycles. The van der Waals surface area contributed by atoms with E-state index in [-0.39, 0.29) is 16.6 Å². The maximum Gasteiger partial charge on any atom is 0.270 e. The molecular formula is C17H18N2O4S. The standard InChI is InChI=1S/C17H18N2O4S/c1-13-5-2-6-14(11-13)17-9-4-10-18(17)24(22,23)16-8-3-7-15(12-16)19(20)21/h2-3,5-8,11-12,17H,4,9-10H2,1H3/t17-/m0/s1. The quantitative estimate of drug-likeness (QED) is 0.627. The van der Waals surface area contributed by atoms with Gasteiger partial charge in [0.05, 0.1) is 15.9 Å². The van der Waals surface area contributed by atoms with Crippen LogP contribution in [0.1, 0.15) is 30.0 Å². The molecule has 0 unspecified atom stereocenters. The highest BCUT2D eigenvalue weighted by atomic mass is 32.2. The zero-order valence-electron chi connectivity index (χ0n) is 13.3. The Kier molecular flexibility index (Phi) is 4.38. The fourth-order valence-corrected chi connectivity index (χ4v) is 4.85. The number of nitro benzene ring substituents is 1. The predicted octanol–water partition coefficient (Wildman–Crippen LogP) is 3.43. The van der Waals surface area contributed by atoms with E-state index in [1.807, 2.05) is 31.2 Å². The Morgan fingerprint density at radius 3 is 2.62 bits per heavy atom. The van der Waals surface area contributed by atoms with Crippen molar-refractivity contribution in [1.82, 2.24) is 4.31 Å². The molecule has 7 heteroatoms. The maximum atomic E-state index is 13.0. The lowest BCUT2D eigenvalue weighted by molar-refractivity contribution is -0.385. The van der Waals surface area contributed by atoms with E-state index in [0.29, 0.717) is 6.54 Å². The lowest BCUT2D eigenvalue weighted by atomic mass is 10.0. The van der Waals surface area contributed by atoms with Crippen LogP contribution < -0.4 is 0 Å². The summed E-state index contributed by atoms with van der Waals surface area (Å²) in [7, 11) is -3.78. The average molecular weight is 346 g/mol.